The number of benzene rings is 2. The molecule has 1 fully saturated rings. The molecule has 1 saturated heterocycles. The molecule has 0 aliphatic carbocycles. The summed E-state index contributed by atoms with van der Waals surface area (Å²) in [6.45, 7) is 2.10. The Labute approximate surface area is 244 Å². The largest absolute Gasteiger partial charge is 0.489 e. The number of H-pyrrole nitrogens is 2. The van der Waals surface area contributed by atoms with E-state index in [0.717, 1.165) is 37.6 Å². The molecule has 1 atom stereocenters. The van der Waals surface area contributed by atoms with Gasteiger partial charge in [0.15, 0.2) is 0 Å². The molecule has 0 bridgehead atoms. The van der Waals surface area contributed by atoms with Crippen molar-refractivity contribution in [2.24, 2.45) is 0 Å². The van der Waals surface area contributed by atoms with Gasteiger partial charge in [-0.3, -0.25) is 9.59 Å². The van der Waals surface area contributed by atoms with Crippen LogP contribution < -0.4 is 15.6 Å². The number of pyridine rings is 1. The normalized spacial score (nSPS) is 16.7. The third-order valence-electron chi connectivity index (χ3n) is 7.78. The average Bonchev–Trinajstić information content (AvgIpc) is 3.52. The summed E-state index contributed by atoms with van der Waals surface area (Å²) in [6.07, 6.45) is 2.23. The second kappa shape index (κ2) is 11.3. The fourth-order valence-corrected chi connectivity index (χ4v) is 5.70. The summed E-state index contributed by atoms with van der Waals surface area (Å²) >= 11 is 5.81. The molecule has 2 aromatic carbocycles. The molecule has 4 N–H and O–H groups in total. The minimum atomic E-state index is -1.11. The fraction of sp³-hybridized carbons (Fsp3) is 0.345. The Balaban J connectivity index is 1.18. The number of halogens is 3. The number of imidazole rings is 1. The fourth-order valence-electron chi connectivity index (χ4n) is 5.53. The summed E-state index contributed by atoms with van der Waals surface area (Å²) in [5.74, 6) is -1.76. The van der Waals surface area contributed by atoms with Crippen LogP contribution >= 0.6 is 11.6 Å². The summed E-state index contributed by atoms with van der Waals surface area (Å²) < 4.78 is 32.5. The van der Waals surface area contributed by atoms with Gasteiger partial charge in [0.25, 0.3) is 11.5 Å². The minimum absolute atomic E-state index is 0.00407. The van der Waals surface area contributed by atoms with E-state index >= 15 is 0 Å². The predicted octanol–water partition coefficient (Wildman–Crippen LogP) is 3.75. The van der Waals surface area contributed by atoms with Gasteiger partial charge < -0.3 is 34.9 Å². The lowest BCUT2D eigenvalue weighted by Gasteiger charge is -2.34. The van der Waals surface area contributed by atoms with E-state index in [1.807, 2.05) is 11.0 Å². The molecule has 42 heavy (non-hydrogen) atoms. The molecule has 1 amide bonds. The van der Waals surface area contributed by atoms with E-state index in [1.54, 1.807) is 12.1 Å². The van der Waals surface area contributed by atoms with Crippen LogP contribution in [0.25, 0.3) is 22.4 Å². The molecule has 0 radical (unpaired) electrons. The van der Waals surface area contributed by atoms with E-state index in [1.165, 1.54) is 6.20 Å². The first-order valence-electron chi connectivity index (χ1n) is 13.6. The second-order valence-corrected chi connectivity index (χ2v) is 11.1. The van der Waals surface area contributed by atoms with Gasteiger partial charge in [-0.05, 0) is 56.7 Å². The number of piperidine rings is 1. The second-order valence-electron chi connectivity index (χ2n) is 10.7. The maximum absolute atomic E-state index is 13.7. The van der Waals surface area contributed by atoms with Crippen molar-refractivity contribution in [1.82, 2.24) is 24.8 Å². The highest BCUT2D eigenvalue weighted by Gasteiger charge is 2.34. The Morgan fingerprint density at radius 1 is 1.21 bits per heavy atom. The molecule has 13 heteroatoms. The van der Waals surface area contributed by atoms with Gasteiger partial charge in [0.05, 0.1) is 16.7 Å². The SMILES string of the molecule is CN1CCC(N2Cc3cc4[nH]c(-c5c(NCC(O)COc6cc(F)cc(F)c6Cl)cc[nH]c5=O)nc4cc3C2=O)CC1. The van der Waals surface area contributed by atoms with Crippen molar-refractivity contribution >= 4 is 34.2 Å². The van der Waals surface area contributed by atoms with Gasteiger partial charge in [-0.2, -0.15) is 0 Å². The van der Waals surface area contributed by atoms with Crippen LogP contribution in [0.15, 0.2) is 41.3 Å². The number of hydrogen-bond acceptors (Lipinski definition) is 7. The number of ether oxygens (including phenoxy) is 1. The van der Waals surface area contributed by atoms with Crippen LogP contribution in [0.2, 0.25) is 5.02 Å². The number of likely N-dealkylation sites (tertiary alicyclic amines) is 1. The van der Waals surface area contributed by atoms with Crippen LogP contribution in [0.1, 0.15) is 28.8 Å². The molecule has 2 aliphatic heterocycles. The number of carbonyl (C=O) groups excluding carboxylic acids is 1. The molecular weight excluding hydrogens is 570 g/mol. The molecule has 10 nitrogen and oxygen atoms in total. The standard InChI is InChI=1S/C29H29ClF2N6O4/c1-37-6-3-17(4-7-37)38-13-15-8-22-23(11-19(15)29(38)41)36-27(35-22)25-21(2-5-33-28(25)40)34-12-18(39)14-42-24-10-16(31)9-20(32)26(24)30/h2,5,8-11,17-18,39H,3-4,6-7,12-14H2,1H3,(H,35,36)(H2,33,34,40). The Morgan fingerprint density at radius 2 is 2.00 bits per heavy atom. The van der Waals surface area contributed by atoms with E-state index in [0.29, 0.717) is 40.7 Å². The summed E-state index contributed by atoms with van der Waals surface area (Å²) in [5.41, 5.74) is 3.00. The van der Waals surface area contributed by atoms with Gasteiger partial charge in [-0.15, -0.1) is 0 Å². The third kappa shape index (κ3) is 5.44. The maximum atomic E-state index is 13.7. The zero-order chi connectivity index (χ0) is 29.5. The number of amides is 1. The van der Waals surface area contributed by atoms with E-state index in [9.17, 15) is 23.5 Å². The smallest absolute Gasteiger partial charge is 0.261 e. The number of aromatic nitrogens is 3. The van der Waals surface area contributed by atoms with Crippen LogP contribution in [0.5, 0.6) is 5.75 Å². The molecule has 4 heterocycles. The number of rotatable bonds is 8. The number of fused-ring (bicyclic) bond motifs is 2. The summed E-state index contributed by atoms with van der Waals surface area (Å²) in [7, 11) is 2.09. The highest BCUT2D eigenvalue weighted by molar-refractivity contribution is 6.32. The predicted molar refractivity (Wildman–Crippen MR) is 154 cm³/mol. The van der Waals surface area contributed by atoms with Gasteiger partial charge in [0, 0.05) is 43.0 Å². The summed E-state index contributed by atoms with van der Waals surface area (Å²) in [4.78, 5) is 40.9. The first kappa shape index (κ1) is 28.1. The van der Waals surface area contributed by atoms with Crippen molar-refractivity contribution in [3.8, 4) is 17.1 Å². The quantitative estimate of drug-likeness (QED) is 0.228. The number of nitrogens with one attached hydrogen (secondary N) is 3. The van der Waals surface area contributed by atoms with E-state index in [4.69, 9.17) is 16.3 Å². The molecule has 4 aromatic rings. The highest BCUT2D eigenvalue weighted by atomic mass is 35.5. The lowest BCUT2D eigenvalue weighted by atomic mass is 10.0. The Kier molecular flexibility index (Phi) is 7.60. The lowest BCUT2D eigenvalue weighted by molar-refractivity contribution is 0.0617. The Hall–Kier alpha value is -4.00. The van der Waals surface area contributed by atoms with Crippen LogP contribution in [-0.4, -0.2) is 81.2 Å². The third-order valence-corrected chi connectivity index (χ3v) is 8.15. The summed E-state index contributed by atoms with van der Waals surface area (Å²) in [6, 6.07) is 7.09. The average molecular weight is 599 g/mol. The molecular formula is C29H29ClF2N6O4. The Morgan fingerprint density at radius 3 is 2.79 bits per heavy atom. The topological polar surface area (TPSA) is 127 Å². The molecule has 2 aliphatic rings. The summed E-state index contributed by atoms with van der Waals surface area (Å²) in [5, 5.41) is 13.1. The van der Waals surface area contributed by atoms with Crippen molar-refractivity contribution in [3.63, 3.8) is 0 Å². The number of hydrogen-bond donors (Lipinski definition) is 4. The molecule has 6 rings (SSSR count). The van der Waals surface area contributed by atoms with Crippen molar-refractivity contribution in [2.75, 3.05) is 38.6 Å². The van der Waals surface area contributed by atoms with Crippen LogP contribution in [0, 0.1) is 11.6 Å². The monoisotopic (exact) mass is 598 g/mol. The highest BCUT2D eigenvalue weighted by Crippen LogP contribution is 2.33. The van der Waals surface area contributed by atoms with Crippen molar-refractivity contribution in [3.05, 3.63) is 74.7 Å². The number of aliphatic hydroxyl groups is 1. The molecule has 1 unspecified atom stereocenters. The van der Waals surface area contributed by atoms with Crippen molar-refractivity contribution < 1.29 is 23.4 Å². The van der Waals surface area contributed by atoms with Gasteiger partial charge in [-0.25, -0.2) is 13.8 Å². The van der Waals surface area contributed by atoms with E-state index < -0.39 is 23.3 Å². The van der Waals surface area contributed by atoms with E-state index in [-0.39, 0.29) is 41.4 Å². The molecule has 0 saturated carbocycles. The van der Waals surface area contributed by atoms with Gasteiger partial charge in [0.1, 0.15) is 46.5 Å². The van der Waals surface area contributed by atoms with Crippen LogP contribution in [0.4, 0.5) is 14.5 Å². The minimum Gasteiger partial charge on any atom is -0.489 e. The van der Waals surface area contributed by atoms with Gasteiger partial charge >= 0.3 is 0 Å². The lowest BCUT2D eigenvalue weighted by Crippen LogP contribution is -2.43. The number of aromatic amines is 2. The number of anilines is 1. The number of nitrogens with zero attached hydrogens (tertiary/aromatic N) is 3. The Bertz CT molecular complexity index is 1720. The van der Waals surface area contributed by atoms with Gasteiger partial charge in [0.2, 0.25) is 0 Å². The van der Waals surface area contributed by atoms with Crippen LogP contribution in [0.3, 0.4) is 0 Å². The molecule has 2 aromatic heterocycles. The number of aliphatic hydroxyl groups excluding tert-OH is 1. The zero-order valence-corrected chi connectivity index (χ0v) is 23.5. The molecule has 220 valence electrons. The molecule has 0 spiro atoms. The first-order chi connectivity index (χ1) is 20.2. The van der Waals surface area contributed by atoms with Crippen LogP contribution in [-0.2, 0) is 6.54 Å². The maximum Gasteiger partial charge on any atom is 0.261 e. The number of carbonyl (C=O) groups is 1. The zero-order valence-electron chi connectivity index (χ0n) is 22.7. The van der Waals surface area contributed by atoms with E-state index in [2.05, 4.69) is 32.2 Å². The van der Waals surface area contributed by atoms with Crippen molar-refractivity contribution in [1.29, 1.82) is 0 Å². The first-order valence-corrected chi connectivity index (χ1v) is 14.0. The van der Waals surface area contributed by atoms with Gasteiger partial charge in [-0.1, -0.05) is 11.6 Å². The van der Waals surface area contributed by atoms with Crippen molar-refractivity contribution in [2.45, 2.75) is 31.5 Å².